The van der Waals surface area contributed by atoms with Gasteiger partial charge in [-0.1, -0.05) is 18.2 Å². The Morgan fingerprint density at radius 3 is 2.50 bits per heavy atom. The second kappa shape index (κ2) is 8.35. The van der Waals surface area contributed by atoms with Crippen LogP contribution in [0.15, 0.2) is 30.3 Å². The topological polar surface area (TPSA) is 24.5 Å². The Balaban J connectivity index is 0.00000162. The van der Waals surface area contributed by atoms with Gasteiger partial charge in [0.25, 0.3) is 0 Å². The van der Waals surface area contributed by atoms with E-state index in [2.05, 4.69) is 17.3 Å². The third kappa shape index (κ3) is 4.84. The molecular weight excluding hydrogens is 248 g/mol. The maximum atomic E-state index is 5.70. The zero-order valence-electron chi connectivity index (χ0n) is 11.0. The van der Waals surface area contributed by atoms with Gasteiger partial charge in [-0.15, -0.1) is 12.4 Å². The largest absolute Gasteiger partial charge is 0.492 e. The predicted molar refractivity (Wildman–Crippen MR) is 77.7 cm³/mol. The molecule has 4 heteroatoms. The van der Waals surface area contributed by atoms with Gasteiger partial charge in [-0.25, -0.2) is 0 Å². The summed E-state index contributed by atoms with van der Waals surface area (Å²) in [7, 11) is 2.05. The lowest BCUT2D eigenvalue weighted by Crippen LogP contribution is -2.42. The summed E-state index contributed by atoms with van der Waals surface area (Å²) in [5.74, 6) is 0.970. The third-order valence-corrected chi connectivity index (χ3v) is 3.42. The minimum Gasteiger partial charge on any atom is -0.492 e. The molecule has 0 bridgehead atoms. The monoisotopic (exact) mass is 270 g/mol. The minimum atomic E-state index is 0. The fraction of sp³-hybridized carbons (Fsp3) is 0.571. The van der Waals surface area contributed by atoms with Gasteiger partial charge in [0, 0.05) is 12.6 Å². The van der Waals surface area contributed by atoms with Crippen molar-refractivity contribution in [3.8, 4) is 5.75 Å². The van der Waals surface area contributed by atoms with Crippen molar-refractivity contribution in [1.29, 1.82) is 0 Å². The summed E-state index contributed by atoms with van der Waals surface area (Å²) in [4.78, 5) is 2.48. The molecule has 1 N–H and O–H groups in total. The van der Waals surface area contributed by atoms with Gasteiger partial charge in [0.2, 0.25) is 0 Å². The first-order chi connectivity index (χ1) is 8.38. The van der Waals surface area contributed by atoms with Crippen molar-refractivity contribution in [3.63, 3.8) is 0 Å². The summed E-state index contributed by atoms with van der Waals surface area (Å²) in [5, 5.41) is 3.35. The van der Waals surface area contributed by atoms with Gasteiger partial charge in [0.15, 0.2) is 0 Å². The highest BCUT2D eigenvalue weighted by Gasteiger charge is 2.16. The van der Waals surface area contributed by atoms with Gasteiger partial charge in [-0.3, -0.25) is 4.90 Å². The fourth-order valence-corrected chi connectivity index (χ4v) is 2.25. The van der Waals surface area contributed by atoms with Crippen LogP contribution in [-0.4, -0.2) is 44.2 Å². The summed E-state index contributed by atoms with van der Waals surface area (Å²) in [5.41, 5.74) is 0. The van der Waals surface area contributed by atoms with E-state index in [-0.39, 0.29) is 12.4 Å². The van der Waals surface area contributed by atoms with E-state index < -0.39 is 0 Å². The molecule has 3 nitrogen and oxygen atoms in total. The normalized spacial score (nSPS) is 17.2. The second-order valence-corrected chi connectivity index (χ2v) is 4.57. The van der Waals surface area contributed by atoms with Crippen LogP contribution in [0, 0.1) is 0 Å². The van der Waals surface area contributed by atoms with E-state index in [1.807, 2.05) is 30.3 Å². The molecule has 0 radical (unpaired) electrons. The standard InChI is InChI=1S/C14H22N2O.ClH/c1-15-13-7-9-16(10-8-13)11-12-17-14-5-3-2-4-6-14;/h2-6,13,15H,7-12H2,1H3;1H. The van der Waals surface area contributed by atoms with Crippen LogP contribution in [0.3, 0.4) is 0 Å². The van der Waals surface area contributed by atoms with Gasteiger partial charge in [-0.2, -0.15) is 0 Å². The maximum absolute atomic E-state index is 5.70. The van der Waals surface area contributed by atoms with Crippen LogP contribution in [-0.2, 0) is 0 Å². The number of rotatable bonds is 5. The van der Waals surface area contributed by atoms with Crippen molar-refractivity contribution in [3.05, 3.63) is 30.3 Å². The molecule has 1 aromatic rings. The lowest BCUT2D eigenvalue weighted by atomic mass is 10.1. The average Bonchev–Trinajstić information content (AvgIpc) is 2.41. The van der Waals surface area contributed by atoms with Gasteiger partial charge < -0.3 is 10.1 Å². The van der Waals surface area contributed by atoms with Gasteiger partial charge >= 0.3 is 0 Å². The van der Waals surface area contributed by atoms with Crippen LogP contribution in [0.25, 0.3) is 0 Å². The van der Waals surface area contributed by atoms with Gasteiger partial charge in [-0.05, 0) is 45.1 Å². The molecule has 0 unspecified atom stereocenters. The zero-order chi connectivity index (χ0) is 11.9. The highest BCUT2D eigenvalue weighted by atomic mass is 35.5. The summed E-state index contributed by atoms with van der Waals surface area (Å²) < 4.78 is 5.70. The molecule has 1 aliphatic rings. The molecule has 102 valence electrons. The molecule has 0 aromatic heterocycles. The van der Waals surface area contributed by atoms with Crippen molar-refractivity contribution in [1.82, 2.24) is 10.2 Å². The highest BCUT2D eigenvalue weighted by molar-refractivity contribution is 5.85. The van der Waals surface area contributed by atoms with Crippen LogP contribution < -0.4 is 10.1 Å². The Labute approximate surface area is 116 Å². The third-order valence-electron chi connectivity index (χ3n) is 3.42. The zero-order valence-corrected chi connectivity index (χ0v) is 11.8. The number of piperidine rings is 1. The first kappa shape index (κ1) is 15.3. The number of likely N-dealkylation sites (tertiary alicyclic amines) is 1. The molecule has 1 heterocycles. The Morgan fingerprint density at radius 2 is 1.89 bits per heavy atom. The van der Waals surface area contributed by atoms with Crippen molar-refractivity contribution < 1.29 is 4.74 Å². The molecule has 0 saturated carbocycles. The smallest absolute Gasteiger partial charge is 0.119 e. The van der Waals surface area contributed by atoms with Crippen LogP contribution >= 0.6 is 12.4 Å². The molecular formula is C14H23ClN2O. The summed E-state index contributed by atoms with van der Waals surface area (Å²) >= 11 is 0. The van der Waals surface area contributed by atoms with E-state index in [1.165, 1.54) is 25.9 Å². The number of para-hydroxylation sites is 1. The summed E-state index contributed by atoms with van der Waals surface area (Å²) in [6.45, 7) is 4.19. The second-order valence-electron chi connectivity index (χ2n) is 4.57. The van der Waals surface area contributed by atoms with Crippen molar-refractivity contribution >= 4 is 12.4 Å². The lowest BCUT2D eigenvalue weighted by molar-refractivity contribution is 0.167. The van der Waals surface area contributed by atoms with Gasteiger partial charge in [0.05, 0.1) is 0 Å². The fourth-order valence-electron chi connectivity index (χ4n) is 2.25. The van der Waals surface area contributed by atoms with Crippen molar-refractivity contribution in [2.75, 3.05) is 33.3 Å². The first-order valence-corrected chi connectivity index (χ1v) is 6.46. The predicted octanol–water partition coefficient (Wildman–Crippen LogP) is 2.17. The molecule has 18 heavy (non-hydrogen) atoms. The molecule has 0 amide bonds. The molecule has 1 aromatic carbocycles. The molecule has 2 rings (SSSR count). The van der Waals surface area contributed by atoms with Crippen LogP contribution in [0.1, 0.15) is 12.8 Å². The number of nitrogens with one attached hydrogen (secondary N) is 1. The van der Waals surface area contributed by atoms with Crippen LogP contribution in [0.2, 0.25) is 0 Å². The number of benzene rings is 1. The molecule has 1 aliphatic heterocycles. The van der Waals surface area contributed by atoms with E-state index in [9.17, 15) is 0 Å². The highest BCUT2D eigenvalue weighted by Crippen LogP contribution is 2.11. The molecule has 0 aliphatic carbocycles. The number of hydrogen-bond acceptors (Lipinski definition) is 3. The molecule has 0 spiro atoms. The SMILES string of the molecule is CNC1CCN(CCOc2ccccc2)CC1.Cl. The first-order valence-electron chi connectivity index (χ1n) is 6.46. The Kier molecular flexibility index (Phi) is 7.09. The molecule has 0 atom stereocenters. The number of halogens is 1. The maximum Gasteiger partial charge on any atom is 0.119 e. The lowest BCUT2D eigenvalue weighted by Gasteiger charge is -2.31. The Bertz CT molecular complexity index is 313. The Hall–Kier alpha value is -0.770. The number of ether oxygens (including phenoxy) is 1. The van der Waals surface area contributed by atoms with E-state index in [0.717, 1.165) is 18.9 Å². The number of nitrogens with zero attached hydrogens (tertiary/aromatic N) is 1. The van der Waals surface area contributed by atoms with Crippen LogP contribution in [0.4, 0.5) is 0 Å². The summed E-state index contributed by atoms with van der Waals surface area (Å²) in [6, 6.07) is 10.7. The van der Waals surface area contributed by atoms with E-state index >= 15 is 0 Å². The van der Waals surface area contributed by atoms with E-state index in [0.29, 0.717) is 6.04 Å². The van der Waals surface area contributed by atoms with Gasteiger partial charge in [0.1, 0.15) is 12.4 Å². The van der Waals surface area contributed by atoms with E-state index in [4.69, 9.17) is 4.74 Å². The summed E-state index contributed by atoms with van der Waals surface area (Å²) in [6.07, 6.45) is 2.50. The number of hydrogen-bond donors (Lipinski definition) is 1. The van der Waals surface area contributed by atoms with Crippen LogP contribution in [0.5, 0.6) is 5.75 Å². The minimum absolute atomic E-state index is 0. The van der Waals surface area contributed by atoms with E-state index in [1.54, 1.807) is 0 Å². The average molecular weight is 271 g/mol. The van der Waals surface area contributed by atoms with Crippen molar-refractivity contribution in [2.24, 2.45) is 0 Å². The Morgan fingerprint density at radius 1 is 1.22 bits per heavy atom. The molecule has 1 saturated heterocycles. The quantitative estimate of drug-likeness (QED) is 0.888. The van der Waals surface area contributed by atoms with Crippen molar-refractivity contribution in [2.45, 2.75) is 18.9 Å². The molecule has 1 fully saturated rings.